The summed E-state index contributed by atoms with van der Waals surface area (Å²) in [7, 11) is -3.56. The van der Waals surface area contributed by atoms with Gasteiger partial charge in [0.2, 0.25) is 10.0 Å². The third-order valence-electron chi connectivity index (χ3n) is 5.02. The molecular weight excluding hydrogens is 364 g/mol. The van der Waals surface area contributed by atoms with E-state index in [0.29, 0.717) is 24.1 Å². The molecule has 1 saturated heterocycles. The molecule has 4 rings (SSSR count). The second kappa shape index (κ2) is 7.30. The van der Waals surface area contributed by atoms with Gasteiger partial charge in [-0.15, -0.1) is 0 Å². The van der Waals surface area contributed by atoms with Gasteiger partial charge in [0.05, 0.1) is 15.9 Å². The van der Waals surface area contributed by atoms with Gasteiger partial charge in [-0.05, 0) is 30.2 Å². The Bertz CT molecular complexity index is 1080. The number of H-pyrrole nitrogens is 2. The molecule has 1 aromatic heterocycles. The SMILES string of the molecule is O=c1[nH]c2ccc(S(=O)(=O)N3CCN(CCc4ccccc4)CC3)cc2[nH]1. The molecule has 0 bridgehead atoms. The fourth-order valence-corrected chi connectivity index (χ4v) is 4.90. The van der Waals surface area contributed by atoms with Gasteiger partial charge in [-0.1, -0.05) is 30.3 Å². The predicted octanol–water partition coefficient (Wildman–Crippen LogP) is 1.41. The number of rotatable bonds is 5. The molecule has 1 aliphatic heterocycles. The monoisotopic (exact) mass is 386 g/mol. The van der Waals surface area contributed by atoms with Crippen LogP contribution >= 0.6 is 0 Å². The molecule has 0 unspecified atom stereocenters. The van der Waals surface area contributed by atoms with Crippen molar-refractivity contribution in [1.82, 2.24) is 19.2 Å². The Labute approximate surface area is 157 Å². The smallest absolute Gasteiger partial charge is 0.306 e. The fourth-order valence-electron chi connectivity index (χ4n) is 3.45. The van der Waals surface area contributed by atoms with Gasteiger partial charge >= 0.3 is 5.69 Å². The highest BCUT2D eigenvalue weighted by molar-refractivity contribution is 7.89. The largest absolute Gasteiger partial charge is 0.323 e. The molecular formula is C19H22N4O3S. The first-order valence-electron chi connectivity index (χ1n) is 9.01. The minimum Gasteiger partial charge on any atom is -0.306 e. The second-order valence-corrected chi connectivity index (χ2v) is 8.71. The Balaban J connectivity index is 1.40. The Morgan fingerprint density at radius 1 is 0.889 bits per heavy atom. The van der Waals surface area contributed by atoms with Crippen LogP contribution in [0.15, 0.2) is 58.2 Å². The molecule has 2 N–H and O–H groups in total. The second-order valence-electron chi connectivity index (χ2n) is 6.77. The van der Waals surface area contributed by atoms with Gasteiger partial charge in [0.15, 0.2) is 0 Å². The summed E-state index contributed by atoms with van der Waals surface area (Å²) in [5, 5.41) is 0. The molecule has 7 nitrogen and oxygen atoms in total. The lowest BCUT2D eigenvalue weighted by molar-refractivity contribution is 0.190. The normalized spacial score (nSPS) is 16.7. The number of fused-ring (bicyclic) bond motifs is 1. The van der Waals surface area contributed by atoms with E-state index in [-0.39, 0.29) is 10.6 Å². The summed E-state index contributed by atoms with van der Waals surface area (Å²) in [6, 6.07) is 15.0. The molecule has 27 heavy (non-hydrogen) atoms. The van der Waals surface area contributed by atoms with Crippen LogP contribution in [0.5, 0.6) is 0 Å². The molecule has 0 spiro atoms. The van der Waals surface area contributed by atoms with E-state index in [2.05, 4.69) is 27.0 Å². The maximum atomic E-state index is 12.9. The van der Waals surface area contributed by atoms with Gasteiger partial charge in [0.25, 0.3) is 0 Å². The van der Waals surface area contributed by atoms with E-state index in [4.69, 9.17) is 0 Å². The van der Waals surface area contributed by atoms with Crippen molar-refractivity contribution < 1.29 is 8.42 Å². The average Bonchev–Trinajstić information content (AvgIpc) is 3.06. The van der Waals surface area contributed by atoms with Crippen molar-refractivity contribution in [2.75, 3.05) is 32.7 Å². The highest BCUT2D eigenvalue weighted by atomic mass is 32.2. The van der Waals surface area contributed by atoms with Crippen LogP contribution < -0.4 is 5.69 Å². The van der Waals surface area contributed by atoms with E-state index in [1.807, 2.05) is 18.2 Å². The Kier molecular flexibility index (Phi) is 4.86. The van der Waals surface area contributed by atoms with Gasteiger partial charge in [0, 0.05) is 32.7 Å². The highest BCUT2D eigenvalue weighted by Gasteiger charge is 2.28. The van der Waals surface area contributed by atoms with Crippen LogP contribution in [-0.4, -0.2) is 60.3 Å². The molecule has 0 amide bonds. The van der Waals surface area contributed by atoms with E-state index in [1.54, 1.807) is 12.1 Å². The van der Waals surface area contributed by atoms with E-state index in [0.717, 1.165) is 26.1 Å². The zero-order chi connectivity index (χ0) is 18.9. The van der Waals surface area contributed by atoms with Crippen LogP contribution in [0.25, 0.3) is 11.0 Å². The van der Waals surface area contributed by atoms with Gasteiger partial charge in [-0.2, -0.15) is 4.31 Å². The van der Waals surface area contributed by atoms with Crippen molar-refractivity contribution in [1.29, 1.82) is 0 Å². The first-order chi connectivity index (χ1) is 13.0. The van der Waals surface area contributed by atoms with Crippen molar-refractivity contribution in [2.24, 2.45) is 0 Å². The van der Waals surface area contributed by atoms with Gasteiger partial charge in [-0.25, -0.2) is 13.2 Å². The minimum atomic E-state index is -3.56. The number of hydrogen-bond acceptors (Lipinski definition) is 4. The van der Waals surface area contributed by atoms with Crippen molar-refractivity contribution in [3.05, 3.63) is 64.6 Å². The van der Waals surface area contributed by atoms with Crippen LogP contribution in [0.2, 0.25) is 0 Å². The van der Waals surface area contributed by atoms with E-state index >= 15 is 0 Å². The van der Waals surface area contributed by atoms with Crippen LogP contribution in [0.4, 0.5) is 0 Å². The molecule has 2 heterocycles. The minimum absolute atomic E-state index is 0.211. The van der Waals surface area contributed by atoms with Crippen molar-refractivity contribution in [3.8, 4) is 0 Å². The predicted molar refractivity (Wildman–Crippen MR) is 104 cm³/mol. The standard InChI is InChI=1S/C19H22N4O3S/c24-19-20-17-7-6-16(14-18(17)21-19)27(25,26)23-12-10-22(11-13-23)9-8-15-4-2-1-3-5-15/h1-7,14H,8-13H2,(H2,20,21,24). The van der Waals surface area contributed by atoms with Crippen molar-refractivity contribution in [3.63, 3.8) is 0 Å². The van der Waals surface area contributed by atoms with E-state index < -0.39 is 10.0 Å². The zero-order valence-electron chi connectivity index (χ0n) is 14.9. The third kappa shape index (κ3) is 3.83. The number of hydrogen-bond donors (Lipinski definition) is 2. The number of benzene rings is 2. The number of imidazole rings is 1. The Hall–Kier alpha value is -2.42. The van der Waals surface area contributed by atoms with Crippen LogP contribution in [0.3, 0.4) is 0 Å². The summed E-state index contributed by atoms with van der Waals surface area (Å²) in [6.45, 7) is 3.30. The number of aromatic nitrogens is 2. The average molecular weight is 386 g/mol. The van der Waals surface area contributed by atoms with Crippen LogP contribution in [0, 0.1) is 0 Å². The maximum absolute atomic E-state index is 12.9. The molecule has 0 atom stereocenters. The summed E-state index contributed by atoms with van der Waals surface area (Å²) in [5.74, 6) is 0. The Morgan fingerprint density at radius 2 is 1.59 bits per heavy atom. The molecule has 0 radical (unpaired) electrons. The van der Waals surface area contributed by atoms with Gasteiger partial charge in [0.1, 0.15) is 0 Å². The summed E-state index contributed by atoms with van der Waals surface area (Å²) < 4.78 is 27.4. The van der Waals surface area contributed by atoms with Crippen molar-refractivity contribution in [2.45, 2.75) is 11.3 Å². The maximum Gasteiger partial charge on any atom is 0.323 e. The molecule has 0 saturated carbocycles. The molecule has 8 heteroatoms. The molecule has 3 aromatic rings. The topological polar surface area (TPSA) is 89.3 Å². The summed E-state index contributed by atoms with van der Waals surface area (Å²) in [5.41, 5.74) is 2.06. The van der Waals surface area contributed by atoms with E-state index in [1.165, 1.54) is 15.9 Å². The number of aromatic amines is 2. The first kappa shape index (κ1) is 18.0. The van der Waals surface area contributed by atoms with Crippen LogP contribution in [0.1, 0.15) is 5.56 Å². The quantitative estimate of drug-likeness (QED) is 0.694. The summed E-state index contributed by atoms with van der Waals surface area (Å²) in [4.78, 5) is 19.1. The fraction of sp³-hybridized carbons (Fsp3) is 0.316. The molecule has 0 aliphatic carbocycles. The Morgan fingerprint density at radius 3 is 2.33 bits per heavy atom. The van der Waals surface area contributed by atoms with Crippen LogP contribution in [-0.2, 0) is 16.4 Å². The third-order valence-corrected chi connectivity index (χ3v) is 6.91. The lowest BCUT2D eigenvalue weighted by Crippen LogP contribution is -2.48. The van der Waals surface area contributed by atoms with Gasteiger partial charge in [-0.3, -0.25) is 0 Å². The summed E-state index contributed by atoms with van der Waals surface area (Å²) in [6.07, 6.45) is 0.963. The number of nitrogens with one attached hydrogen (secondary N) is 2. The number of sulfonamides is 1. The zero-order valence-corrected chi connectivity index (χ0v) is 15.7. The molecule has 1 aliphatic rings. The van der Waals surface area contributed by atoms with Gasteiger partial charge < -0.3 is 14.9 Å². The lowest BCUT2D eigenvalue weighted by atomic mass is 10.1. The molecule has 2 aromatic carbocycles. The molecule has 1 fully saturated rings. The van der Waals surface area contributed by atoms with Crippen molar-refractivity contribution >= 4 is 21.1 Å². The first-order valence-corrected chi connectivity index (χ1v) is 10.4. The molecule has 142 valence electrons. The summed E-state index contributed by atoms with van der Waals surface area (Å²) >= 11 is 0. The number of nitrogens with zero attached hydrogens (tertiary/aromatic N) is 2. The number of piperazine rings is 1. The lowest BCUT2D eigenvalue weighted by Gasteiger charge is -2.34. The highest BCUT2D eigenvalue weighted by Crippen LogP contribution is 2.20. The van der Waals surface area contributed by atoms with E-state index in [9.17, 15) is 13.2 Å².